The fourth-order valence-electron chi connectivity index (χ4n) is 0.967. The van der Waals surface area contributed by atoms with Crippen molar-refractivity contribution in [1.82, 2.24) is 9.78 Å². The van der Waals surface area contributed by atoms with Gasteiger partial charge in [-0.3, -0.25) is 14.8 Å². The van der Waals surface area contributed by atoms with Crippen molar-refractivity contribution in [3.8, 4) is 0 Å². The van der Waals surface area contributed by atoms with Gasteiger partial charge in [-0.15, -0.1) is 0 Å². The first-order chi connectivity index (χ1) is 7.45. The molecule has 0 aromatic carbocycles. The number of hydrogen-bond donors (Lipinski definition) is 1. The Kier molecular flexibility index (Phi) is 3.86. The van der Waals surface area contributed by atoms with Crippen molar-refractivity contribution in [2.45, 2.75) is 6.54 Å². The molecular weight excluding hydrogens is 261 g/mol. The SMILES string of the molecule is O=C(O)c1nn(C/C(Cl)=C/Cl)cc1[N+](=O)[O-]. The van der Waals surface area contributed by atoms with Crippen LogP contribution in [-0.4, -0.2) is 25.8 Å². The number of carboxylic acid groups (broad SMARTS) is 1. The monoisotopic (exact) mass is 265 g/mol. The molecule has 0 spiro atoms. The van der Waals surface area contributed by atoms with E-state index in [1.807, 2.05) is 0 Å². The Morgan fingerprint density at radius 2 is 2.38 bits per heavy atom. The molecule has 0 fully saturated rings. The maximum Gasteiger partial charge on any atom is 0.363 e. The molecule has 1 rings (SSSR count). The van der Waals surface area contributed by atoms with Gasteiger partial charge in [0.1, 0.15) is 6.20 Å². The Labute approximate surface area is 99.0 Å². The molecule has 0 bridgehead atoms. The number of carbonyl (C=O) groups is 1. The lowest BCUT2D eigenvalue weighted by Crippen LogP contribution is -2.04. The summed E-state index contributed by atoms with van der Waals surface area (Å²) < 4.78 is 1.03. The first-order valence-corrected chi connectivity index (χ1v) is 4.67. The van der Waals surface area contributed by atoms with Crippen LogP contribution in [0.3, 0.4) is 0 Å². The lowest BCUT2D eigenvalue weighted by Gasteiger charge is -1.96. The summed E-state index contributed by atoms with van der Waals surface area (Å²) in [6, 6.07) is 0. The summed E-state index contributed by atoms with van der Waals surface area (Å²) in [7, 11) is 0. The van der Waals surface area contributed by atoms with Gasteiger partial charge in [0.2, 0.25) is 5.69 Å². The Hall–Kier alpha value is -1.60. The minimum Gasteiger partial charge on any atom is -0.476 e. The molecule has 0 aliphatic rings. The Balaban J connectivity index is 3.11. The zero-order valence-corrected chi connectivity index (χ0v) is 9.14. The van der Waals surface area contributed by atoms with Crippen LogP contribution in [-0.2, 0) is 6.54 Å². The molecule has 0 amide bonds. The van der Waals surface area contributed by atoms with Crippen molar-refractivity contribution >= 4 is 34.9 Å². The van der Waals surface area contributed by atoms with E-state index in [2.05, 4.69) is 5.10 Å². The molecule has 7 nitrogen and oxygen atoms in total. The molecule has 1 N–H and O–H groups in total. The van der Waals surface area contributed by atoms with Crippen LogP contribution in [0.5, 0.6) is 0 Å². The van der Waals surface area contributed by atoms with Crippen molar-refractivity contribution in [2.24, 2.45) is 0 Å². The van der Waals surface area contributed by atoms with Crippen LogP contribution in [0.25, 0.3) is 0 Å². The number of hydrogen-bond acceptors (Lipinski definition) is 4. The van der Waals surface area contributed by atoms with Crippen molar-refractivity contribution in [3.63, 3.8) is 0 Å². The highest BCUT2D eigenvalue weighted by Crippen LogP contribution is 2.18. The van der Waals surface area contributed by atoms with Gasteiger partial charge in [0.15, 0.2) is 0 Å². The second-order valence-electron chi connectivity index (χ2n) is 2.68. The summed E-state index contributed by atoms with van der Waals surface area (Å²) in [6.07, 6.45) is 0.978. The first-order valence-electron chi connectivity index (χ1n) is 3.85. The van der Waals surface area contributed by atoms with Crippen LogP contribution < -0.4 is 0 Å². The van der Waals surface area contributed by atoms with E-state index in [0.29, 0.717) is 0 Å². The quantitative estimate of drug-likeness (QED) is 0.661. The van der Waals surface area contributed by atoms with Gasteiger partial charge in [-0.05, 0) is 0 Å². The molecule has 16 heavy (non-hydrogen) atoms. The highest BCUT2D eigenvalue weighted by Gasteiger charge is 2.25. The number of rotatable bonds is 4. The molecule has 1 aromatic heterocycles. The first kappa shape index (κ1) is 12.5. The Bertz CT molecular complexity index is 437. The average Bonchev–Trinajstić information content (AvgIpc) is 2.61. The van der Waals surface area contributed by atoms with Crippen LogP contribution in [0.2, 0.25) is 0 Å². The Morgan fingerprint density at radius 1 is 1.75 bits per heavy atom. The van der Waals surface area contributed by atoms with E-state index < -0.39 is 22.3 Å². The van der Waals surface area contributed by atoms with E-state index in [4.69, 9.17) is 28.3 Å². The average molecular weight is 266 g/mol. The molecule has 9 heteroatoms. The molecule has 0 aliphatic carbocycles. The molecular formula is C7H5Cl2N3O4. The predicted octanol–water partition coefficient (Wildman–Crippen LogP) is 1.81. The molecule has 0 aliphatic heterocycles. The number of aromatic nitrogens is 2. The Morgan fingerprint density at radius 3 is 2.75 bits per heavy atom. The zero-order valence-electron chi connectivity index (χ0n) is 7.63. The normalized spacial score (nSPS) is 11.5. The van der Waals surface area contributed by atoms with Crippen LogP contribution in [0, 0.1) is 10.1 Å². The maximum absolute atomic E-state index is 10.6. The zero-order chi connectivity index (χ0) is 12.3. The van der Waals surface area contributed by atoms with Crippen molar-refractivity contribution in [1.29, 1.82) is 0 Å². The predicted molar refractivity (Wildman–Crippen MR) is 55.6 cm³/mol. The van der Waals surface area contributed by atoms with E-state index in [1.54, 1.807) is 0 Å². The topological polar surface area (TPSA) is 98.3 Å². The summed E-state index contributed by atoms with van der Waals surface area (Å²) in [5.41, 5.74) is -0.161. The van der Waals surface area contributed by atoms with E-state index in [-0.39, 0.29) is 11.6 Å². The highest BCUT2D eigenvalue weighted by molar-refractivity contribution is 6.36. The standard InChI is InChI=1S/C7H5Cl2N3O4/c8-1-4(9)2-11-3-5(12(15)16)6(10-11)7(13)14/h1,3H,2H2,(H,13,14)/b4-1-. The third-order valence-corrected chi connectivity index (χ3v) is 2.18. The van der Waals surface area contributed by atoms with Gasteiger partial charge < -0.3 is 5.11 Å². The number of carboxylic acids is 1. The minimum atomic E-state index is -1.48. The van der Waals surface area contributed by atoms with Gasteiger partial charge in [0.25, 0.3) is 0 Å². The summed E-state index contributed by atoms with van der Waals surface area (Å²) >= 11 is 10.9. The van der Waals surface area contributed by atoms with Gasteiger partial charge in [-0.1, -0.05) is 23.2 Å². The maximum atomic E-state index is 10.6. The lowest BCUT2D eigenvalue weighted by molar-refractivity contribution is -0.385. The van der Waals surface area contributed by atoms with E-state index >= 15 is 0 Å². The van der Waals surface area contributed by atoms with Gasteiger partial charge in [-0.25, -0.2) is 4.79 Å². The molecule has 0 saturated carbocycles. The van der Waals surface area contributed by atoms with Gasteiger partial charge in [-0.2, -0.15) is 5.10 Å². The number of aromatic carboxylic acids is 1. The summed E-state index contributed by atoms with van der Waals surface area (Å²) in [5.74, 6) is -1.48. The third-order valence-electron chi connectivity index (χ3n) is 1.57. The van der Waals surface area contributed by atoms with Crippen molar-refractivity contribution < 1.29 is 14.8 Å². The fourth-order valence-corrected chi connectivity index (χ4v) is 1.16. The van der Waals surface area contributed by atoms with E-state index in [9.17, 15) is 14.9 Å². The van der Waals surface area contributed by atoms with Crippen molar-refractivity contribution in [3.05, 3.63) is 32.6 Å². The molecule has 1 aromatic rings. The van der Waals surface area contributed by atoms with Crippen LogP contribution in [0.4, 0.5) is 5.69 Å². The van der Waals surface area contributed by atoms with Crippen LogP contribution in [0.15, 0.2) is 16.8 Å². The highest BCUT2D eigenvalue weighted by atomic mass is 35.5. The lowest BCUT2D eigenvalue weighted by atomic mass is 10.4. The molecule has 0 radical (unpaired) electrons. The second-order valence-corrected chi connectivity index (χ2v) is 3.38. The largest absolute Gasteiger partial charge is 0.476 e. The molecule has 0 atom stereocenters. The number of halogens is 2. The number of nitrogens with zero attached hydrogens (tertiary/aromatic N) is 3. The molecule has 0 unspecified atom stereocenters. The minimum absolute atomic E-state index is 0.0286. The summed E-state index contributed by atoms with van der Waals surface area (Å²) in [4.78, 5) is 20.3. The van der Waals surface area contributed by atoms with Gasteiger partial charge in [0, 0.05) is 5.54 Å². The number of allylic oxidation sites excluding steroid dienone is 1. The van der Waals surface area contributed by atoms with Crippen LogP contribution >= 0.6 is 23.2 Å². The van der Waals surface area contributed by atoms with Crippen LogP contribution in [0.1, 0.15) is 10.5 Å². The summed E-state index contributed by atoms with van der Waals surface area (Å²) in [6.45, 7) is -0.0286. The molecule has 86 valence electrons. The summed E-state index contributed by atoms with van der Waals surface area (Å²) in [5, 5.41) is 22.9. The molecule has 1 heterocycles. The van der Waals surface area contributed by atoms with Gasteiger partial charge >= 0.3 is 11.7 Å². The molecule has 0 saturated heterocycles. The smallest absolute Gasteiger partial charge is 0.363 e. The van der Waals surface area contributed by atoms with E-state index in [1.165, 1.54) is 0 Å². The van der Waals surface area contributed by atoms with E-state index in [0.717, 1.165) is 16.4 Å². The van der Waals surface area contributed by atoms with Gasteiger partial charge in [0.05, 0.1) is 16.5 Å². The third kappa shape index (κ3) is 2.71. The van der Waals surface area contributed by atoms with Crippen molar-refractivity contribution in [2.75, 3.05) is 0 Å². The fraction of sp³-hybridized carbons (Fsp3) is 0.143. The second kappa shape index (κ2) is 4.95. The number of nitro groups is 1.